The van der Waals surface area contributed by atoms with Gasteiger partial charge in [0, 0.05) is 16.6 Å². The van der Waals surface area contributed by atoms with E-state index >= 15 is 0 Å². The standard InChI is InChI=1S/C17H28ClNO/c1-5-10-19-14(4)16-12-15(18)8-9-17(16)20-11-6-7-13(2)3/h8-9,12-14,19H,5-7,10-11H2,1-4H3. The van der Waals surface area contributed by atoms with Crippen LogP contribution >= 0.6 is 11.6 Å². The molecule has 1 aromatic rings. The summed E-state index contributed by atoms with van der Waals surface area (Å²) in [5, 5.41) is 4.25. The van der Waals surface area contributed by atoms with Crippen molar-refractivity contribution in [1.82, 2.24) is 5.32 Å². The van der Waals surface area contributed by atoms with Crippen LogP contribution in [0.1, 0.15) is 58.6 Å². The zero-order chi connectivity index (χ0) is 15.0. The maximum Gasteiger partial charge on any atom is 0.124 e. The summed E-state index contributed by atoms with van der Waals surface area (Å²) in [6.07, 6.45) is 3.42. The molecule has 0 aliphatic carbocycles. The first kappa shape index (κ1) is 17.3. The van der Waals surface area contributed by atoms with Crippen LogP contribution < -0.4 is 10.1 Å². The summed E-state index contributed by atoms with van der Waals surface area (Å²) in [5.74, 6) is 1.68. The smallest absolute Gasteiger partial charge is 0.124 e. The van der Waals surface area contributed by atoms with Gasteiger partial charge in [0.25, 0.3) is 0 Å². The fourth-order valence-corrected chi connectivity index (χ4v) is 2.31. The summed E-state index contributed by atoms with van der Waals surface area (Å²) in [6, 6.07) is 6.15. The molecule has 114 valence electrons. The molecule has 0 radical (unpaired) electrons. The predicted molar refractivity (Wildman–Crippen MR) is 87.7 cm³/mol. The molecule has 0 heterocycles. The molecule has 0 aliphatic heterocycles. The molecular formula is C17H28ClNO. The fourth-order valence-electron chi connectivity index (χ4n) is 2.13. The number of hydrogen-bond donors (Lipinski definition) is 1. The van der Waals surface area contributed by atoms with Crippen molar-refractivity contribution in [3.05, 3.63) is 28.8 Å². The molecule has 0 aliphatic rings. The van der Waals surface area contributed by atoms with Crippen molar-refractivity contribution in [2.75, 3.05) is 13.2 Å². The fraction of sp³-hybridized carbons (Fsp3) is 0.647. The van der Waals surface area contributed by atoms with Gasteiger partial charge in [-0.1, -0.05) is 32.4 Å². The van der Waals surface area contributed by atoms with Crippen LogP contribution in [0.15, 0.2) is 18.2 Å². The van der Waals surface area contributed by atoms with Crippen LogP contribution in [0, 0.1) is 5.92 Å². The van der Waals surface area contributed by atoms with Crippen molar-refractivity contribution in [3.63, 3.8) is 0 Å². The molecule has 0 fully saturated rings. The lowest BCUT2D eigenvalue weighted by atomic mass is 10.1. The second kappa shape index (κ2) is 9.25. The molecule has 1 N–H and O–H groups in total. The van der Waals surface area contributed by atoms with Crippen LogP contribution in [-0.4, -0.2) is 13.2 Å². The van der Waals surface area contributed by atoms with E-state index in [-0.39, 0.29) is 6.04 Å². The summed E-state index contributed by atoms with van der Waals surface area (Å²) in [7, 11) is 0. The SMILES string of the molecule is CCCNC(C)c1cc(Cl)ccc1OCCCC(C)C. The Balaban J connectivity index is 2.64. The molecule has 1 atom stereocenters. The van der Waals surface area contributed by atoms with E-state index in [4.69, 9.17) is 16.3 Å². The van der Waals surface area contributed by atoms with E-state index in [9.17, 15) is 0 Å². The van der Waals surface area contributed by atoms with Gasteiger partial charge in [0.05, 0.1) is 6.61 Å². The zero-order valence-corrected chi connectivity index (χ0v) is 14.0. The van der Waals surface area contributed by atoms with Crippen LogP contribution in [0.5, 0.6) is 5.75 Å². The topological polar surface area (TPSA) is 21.3 Å². The van der Waals surface area contributed by atoms with E-state index in [1.165, 1.54) is 6.42 Å². The Bertz CT molecular complexity index is 393. The highest BCUT2D eigenvalue weighted by Gasteiger charge is 2.12. The monoisotopic (exact) mass is 297 g/mol. The first-order valence-corrected chi connectivity index (χ1v) is 8.08. The Morgan fingerprint density at radius 3 is 2.65 bits per heavy atom. The van der Waals surface area contributed by atoms with E-state index < -0.39 is 0 Å². The third-order valence-electron chi connectivity index (χ3n) is 3.32. The zero-order valence-electron chi connectivity index (χ0n) is 13.2. The van der Waals surface area contributed by atoms with Gasteiger partial charge < -0.3 is 10.1 Å². The van der Waals surface area contributed by atoms with E-state index in [0.29, 0.717) is 0 Å². The third-order valence-corrected chi connectivity index (χ3v) is 3.56. The Morgan fingerprint density at radius 1 is 1.25 bits per heavy atom. The maximum atomic E-state index is 6.11. The van der Waals surface area contributed by atoms with Gasteiger partial charge in [0.2, 0.25) is 0 Å². The molecule has 1 rings (SSSR count). The van der Waals surface area contributed by atoms with Gasteiger partial charge in [-0.3, -0.25) is 0 Å². The van der Waals surface area contributed by atoms with E-state index in [1.807, 2.05) is 18.2 Å². The van der Waals surface area contributed by atoms with Gasteiger partial charge >= 0.3 is 0 Å². The highest BCUT2D eigenvalue weighted by molar-refractivity contribution is 6.30. The minimum absolute atomic E-state index is 0.258. The number of nitrogens with one attached hydrogen (secondary N) is 1. The maximum absolute atomic E-state index is 6.11. The Morgan fingerprint density at radius 2 is 2.00 bits per heavy atom. The normalized spacial score (nSPS) is 12.7. The number of rotatable bonds is 9. The minimum atomic E-state index is 0.258. The molecular weight excluding hydrogens is 270 g/mol. The molecule has 0 amide bonds. The second-order valence-corrected chi connectivity index (χ2v) is 6.18. The Labute approximate surface area is 128 Å². The van der Waals surface area contributed by atoms with Gasteiger partial charge in [-0.2, -0.15) is 0 Å². The summed E-state index contributed by atoms with van der Waals surface area (Å²) < 4.78 is 5.95. The van der Waals surface area contributed by atoms with Gasteiger partial charge in [-0.15, -0.1) is 0 Å². The lowest BCUT2D eigenvalue weighted by Crippen LogP contribution is -2.20. The molecule has 0 aromatic heterocycles. The molecule has 0 bridgehead atoms. The van der Waals surface area contributed by atoms with Crippen molar-refractivity contribution in [2.45, 2.75) is 53.0 Å². The molecule has 1 aromatic carbocycles. The van der Waals surface area contributed by atoms with Crippen molar-refractivity contribution in [3.8, 4) is 5.75 Å². The van der Waals surface area contributed by atoms with Crippen molar-refractivity contribution in [2.24, 2.45) is 5.92 Å². The second-order valence-electron chi connectivity index (χ2n) is 5.74. The van der Waals surface area contributed by atoms with Crippen LogP contribution in [0.4, 0.5) is 0 Å². The Hall–Kier alpha value is -0.730. The van der Waals surface area contributed by atoms with Crippen molar-refractivity contribution < 1.29 is 4.74 Å². The average molecular weight is 298 g/mol. The van der Waals surface area contributed by atoms with E-state index in [1.54, 1.807) is 0 Å². The summed E-state index contributed by atoms with van der Waals surface area (Å²) in [6.45, 7) is 10.6. The molecule has 0 saturated heterocycles. The highest BCUT2D eigenvalue weighted by atomic mass is 35.5. The Kier molecular flexibility index (Phi) is 8.01. The molecule has 0 saturated carbocycles. The third kappa shape index (κ3) is 6.15. The van der Waals surface area contributed by atoms with Crippen molar-refractivity contribution >= 4 is 11.6 Å². The largest absolute Gasteiger partial charge is 0.493 e. The van der Waals surface area contributed by atoms with E-state index in [2.05, 4.69) is 33.0 Å². The van der Waals surface area contributed by atoms with E-state index in [0.717, 1.165) is 48.2 Å². The van der Waals surface area contributed by atoms with Crippen LogP contribution in [0.2, 0.25) is 5.02 Å². The number of benzene rings is 1. The lowest BCUT2D eigenvalue weighted by molar-refractivity contribution is 0.292. The minimum Gasteiger partial charge on any atom is -0.493 e. The highest BCUT2D eigenvalue weighted by Crippen LogP contribution is 2.28. The van der Waals surface area contributed by atoms with Crippen LogP contribution in [0.25, 0.3) is 0 Å². The van der Waals surface area contributed by atoms with Gasteiger partial charge in [0.15, 0.2) is 0 Å². The number of halogens is 1. The van der Waals surface area contributed by atoms with Gasteiger partial charge in [0.1, 0.15) is 5.75 Å². The molecule has 0 spiro atoms. The van der Waals surface area contributed by atoms with Gasteiger partial charge in [-0.05, 0) is 56.8 Å². The average Bonchev–Trinajstić information content (AvgIpc) is 2.41. The molecule has 1 unspecified atom stereocenters. The first-order chi connectivity index (χ1) is 9.54. The van der Waals surface area contributed by atoms with Crippen LogP contribution in [0.3, 0.4) is 0 Å². The molecule has 3 heteroatoms. The summed E-state index contributed by atoms with van der Waals surface area (Å²) in [5.41, 5.74) is 1.15. The summed E-state index contributed by atoms with van der Waals surface area (Å²) in [4.78, 5) is 0. The summed E-state index contributed by atoms with van der Waals surface area (Å²) >= 11 is 6.11. The molecule has 2 nitrogen and oxygen atoms in total. The lowest BCUT2D eigenvalue weighted by Gasteiger charge is -2.18. The number of ether oxygens (including phenoxy) is 1. The van der Waals surface area contributed by atoms with Crippen molar-refractivity contribution in [1.29, 1.82) is 0 Å². The molecule has 20 heavy (non-hydrogen) atoms. The number of hydrogen-bond acceptors (Lipinski definition) is 2. The predicted octanol–water partition coefficient (Wildman–Crippen LogP) is 5.22. The van der Waals surface area contributed by atoms with Crippen LogP contribution in [-0.2, 0) is 0 Å². The quantitative estimate of drug-likeness (QED) is 0.631. The first-order valence-electron chi connectivity index (χ1n) is 7.70. The van der Waals surface area contributed by atoms with Gasteiger partial charge in [-0.25, -0.2) is 0 Å².